The topological polar surface area (TPSA) is 52.5 Å². The van der Waals surface area contributed by atoms with Crippen LogP contribution < -0.4 is 5.32 Å². The van der Waals surface area contributed by atoms with Gasteiger partial charge in [0.15, 0.2) is 11.5 Å². The fraction of sp³-hybridized carbons (Fsp3) is 0.400. The van der Waals surface area contributed by atoms with Crippen LogP contribution in [0.4, 0.5) is 0 Å². The van der Waals surface area contributed by atoms with Gasteiger partial charge in [-0.2, -0.15) is 0 Å². The zero-order chi connectivity index (χ0) is 15.8. The third-order valence-electron chi connectivity index (χ3n) is 5.54. The highest BCUT2D eigenvalue weighted by molar-refractivity contribution is 8.93. The highest BCUT2D eigenvalue weighted by atomic mass is 79.9. The lowest BCUT2D eigenvalue weighted by Crippen LogP contribution is -2.33. The number of rotatable bonds is 2. The SMILES string of the molecule is Br.Oc1ccc2c(c1O)C[C@@H](c1ccccc1)C[C@H]2[C@H]1CCCN1. The molecule has 3 atom stereocenters. The molecule has 0 radical (unpaired) electrons. The van der Waals surface area contributed by atoms with Crippen molar-refractivity contribution in [1.82, 2.24) is 5.32 Å². The molecule has 3 nitrogen and oxygen atoms in total. The largest absolute Gasteiger partial charge is 0.504 e. The Labute approximate surface area is 153 Å². The van der Waals surface area contributed by atoms with Crippen LogP contribution in [0.2, 0.25) is 0 Å². The zero-order valence-electron chi connectivity index (χ0n) is 13.6. The zero-order valence-corrected chi connectivity index (χ0v) is 15.3. The maximum atomic E-state index is 10.4. The Bertz CT molecular complexity index is 698. The second-order valence-electron chi connectivity index (χ2n) is 6.86. The minimum atomic E-state index is -0.00408. The molecule has 2 aromatic rings. The van der Waals surface area contributed by atoms with Gasteiger partial charge >= 0.3 is 0 Å². The third-order valence-corrected chi connectivity index (χ3v) is 5.54. The standard InChI is InChI=1S/C20H23NO2.BrH/c22-19-9-8-15-16(18-7-4-10-21-18)11-14(12-17(15)20(19)23)13-5-2-1-3-6-13;/h1-3,5-6,8-9,14,16,18,21-23H,4,7,10-12H2;1H/t14-,16+,18+;/m0./s1. The average molecular weight is 390 g/mol. The molecule has 1 aliphatic carbocycles. The van der Waals surface area contributed by atoms with Crippen LogP contribution in [0.1, 0.15) is 47.8 Å². The van der Waals surface area contributed by atoms with Crippen LogP contribution in [0.25, 0.3) is 0 Å². The first-order chi connectivity index (χ1) is 11.2. The predicted molar refractivity (Wildman–Crippen MR) is 101 cm³/mol. The summed E-state index contributed by atoms with van der Waals surface area (Å²) >= 11 is 0. The highest BCUT2D eigenvalue weighted by Crippen LogP contribution is 2.47. The van der Waals surface area contributed by atoms with Gasteiger partial charge in [-0.05, 0) is 55.3 Å². The summed E-state index contributed by atoms with van der Waals surface area (Å²) in [5, 5.41) is 23.9. The van der Waals surface area contributed by atoms with Gasteiger partial charge in [0.2, 0.25) is 0 Å². The van der Waals surface area contributed by atoms with E-state index in [9.17, 15) is 10.2 Å². The van der Waals surface area contributed by atoms with Gasteiger partial charge in [0, 0.05) is 17.5 Å². The smallest absolute Gasteiger partial charge is 0.160 e. The van der Waals surface area contributed by atoms with E-state index in [2.05, 4.69) is 29.6 Å². The molecule has 1 heterocycles. The van der Waals surface area contributed by atoms with Crippen molar-refractivity contribution in [3.63, 3.8) is 0 Å². The third kappa shape index (κ3) is 3.05. The van der Waals surface area contributed by atoms with Crippen molar-refractivity contribution in [2.75, 3.05) is 6.54 Å². The fourth-order valence-corrected chi connectivity index (χ4v) is 4.38. The summed E-state index contributed by atoms with van der Waals surface area (Å²) < 4.78 is 0. The lowest BCUT2D eigenvalue weighted by molar-refractivity contribution is 0.371. The monoisotopic (exact) mass is 389 g/mol. The van der Waals surface area contributed by atoms with E-state index in [4.69, 9.17) is 0 Å². The van der Waals surface area contributed by atoms with E-state index in [1.165, 1.54) is 24.0 Å². The Hall–Kier alpha value is -1.52. The number of fused-ring (bicyclic) bond motifs is 1. The lowest BCUT2D eigenvalue weighted by Gasteiger charge is -2.36. The van der Waals surface area contributed by atoms with Crippen LogP contribution in [-0.4, -0.2) is 22.8 Å². The summed E-state index contributed by atoms with van der Waals surface area (Å²) in [6.45, 7) is 1.08. The second kappa shape index (κ2) is 7.16. The summed E-state index contributed by atoms with van der Waals surface area (Å²) in [6.07, 6.45) is 4.30. The maximum Gasteiger partial charge on any atom is 0.160 e. The van der Waals surface area contributed by atoms with E-state index in [0.717, 1.165) is 24.9 Å². The Balaban J connectivity index is 0.00000169. The minimum Gasteiger partial charge on any atom is -0.504 e. The number of phenols is 2. The van der Waals surface area contributed by atoms with Gasteiger partial charge in [-0.1, -0.05) is 36.4 Å². The van der Waals surface area contributed by atoms with E-state index in [0.29, 0.717) is 17.9 Å². The normalized spacial score (nSPS) is 25.8. The molecule has 3 N–H and O–H groups in total. The van der Waals surface area contributed by atoms with Crippen LogP contribution in [0.15, 0.2) is 42.5 Å². The number of hydrogen-bond acceptors (Lipinski definition) is 3. The first-order valence-electron chi connectivity index (χ1n) is 8.56. The second-order valence-corrected chi connectivity index (χ2v) is 6.86. The van der Waals surface area contributed by atoms with Gasteiger partial charge in [-0.25, -0.2) is 0 Å². The van der Waals surface area contributed by atoms with Crippen molar-refractivity contribution in [2.45, 2.75) is 43.6 Å². The molecule has 24 heavy (non-hydrogen) atoms. The van der Waals surface area contributed by atoms with Crippen molar-refractivity contribution >= 4 is 17.0 Å². The van der Waals surface area contributed by atoms with Gasteiger partial charge < -0.3 is 15.5 Å². The molecule has 0 bridgehead atoms. The molecule has 0 aromatic heterocycles. The molecule has 0 unspecified atom stereocenters. The van der Waals surface area contributed by atoms with Crippen LogP contribution >= 0.6 is 17.0 Å². The number of benzene rings is 2. The molecular weight excluding hydrogens is 366 g/mol. The Morgan fingerprint density at radius 1 is 1.00 bits per heavy atom. The molecule has 1 saturated heterocycles. The quantitative estimate of drug-likeness (QED) is 0.673. The van der Waals surface area contributed by atoms with E-state index in [1.807, 2.05) is 12.1 Å². The highest BCUT2D eigenvalue weighted by Gasteiger charge is 2.35. The van der Waals surface area contributed by atoms with Gasteiger partial charge in [0.25, 0.3) is 0 Å². The molecule has 4 heteroatoms. The minimum absolute atomic E-state index is 0. The first-order valence-corrected chi connectivity index (χ1v) is 8.56. The van der Waals surface area contributed by atoms with Crippen molar-refractivity contribution in [1.29, 1.82) is 0 Å². The van der Waals surface area contributed by atoms with Gasteiger partial charge in [-0.3, -0.25) is 0 Å². The molecule has 0 spiro atoms. The Morgan fingerprint density at radius 3 is 2.50 bits per heavy atom. The Kier molecular flexibility index (Phi) is 5.16. The van der Waals surface area contributed by atoms with Gasteiger partial charge in [-0.15, -0.1) is 17.0 Å². The molecule has 4 rings (SSSR count). The summed E-state index contributed by atoms with van der Waals surface area (Å²) in [7, 11) is 0. The lowest BCUT2D eigenvalue weighted by atomic mass is 9.71. The van der Waals surface area contributed by atoms with Crippen LogP contribution in [-0.2, 0) is 6.42 Å². The van der Waals surface area contributed by atoms with E-state index in [-0.39, 0.29) is 28.5 Å². The number of halogens is 1. The molecule has 2 aromatic carbocycles. The fourth-order valence-electron chi connectivity index (χ4n) is 4.38. The number of nitrogens with one attached hydrogen (secondary N) is 1. The molecule has 1 fully saturated rings. The molecule has 0 amide bonds. The van der Waals surface area contributed by atoms with Gasteiger partial charge in [0.05, 0.1) is 0 Å². The average Bonchev–Trinajstić information content (AvgIpc) is 3.13. The number of phenolic OH excluding ortho intramolecular Hbond substituents is 2. The number of aromatic hydroxyl groups is 2. The number of hydrogen-bond donors (Lipinski definition) is 3. The summed E-state index contributed by atoms with van der Waals surface area (Å²) in [6, 6.07) is 14.7. The van der Waals surface area contributed by atoms with Crippen LogP contribution in [0.3, 0.4) is 0 Å². The first kappa shape index (κ1) is 17.3. The predicted octanol–water partition coefficient (Wildman–Crippen LogP) is 4.24. The molecular formula is C20H24BrNO2. The molecule has 1 aliphatic heterocycles. The summed E-state index contributed by atoms with van der Waals surface area (Å²) in [5.41, 5.74) is 3.47. The summed E-state index contributed by atoms with van der Waals surface area (Å²) in [4.78, 5) is 0. The maximum absolute atomic E-state index is 10.4. The van der Waals surface area contributed by atoms with Crippen LogP contribution in [0.5, 0.6) is 11.5 Å². The molecule has 2 aliphatic rings. The molecule has 0 saturated carbocycles. The molecule has 128 valence electrons. The van der Waals surface area contributed by atoms with E-state index >= 15 is 0 Å². The van der Waals surface area contributed by atoms with Gasteiger partial charge in [0.1, 0.15) is 0 Å². The Morgan fingerprint density at radius 2 is 1.79 bits per heavy atom. The summed E-state index contributed by atoms with van der Waals surface area (Å²) in [5.74, 6) is 0.864. The van der Waals surface area contributed by atoms with Crippen molar-refractivity contribution in [3.8, 4) is 11.5 Å². The van der Waals surface area contributed by atoms with E-state index in [1.54, 1.807) is 6.07 Å². The van der Waals surface area contributed by atoms with E-state index < -0.39 is 0 Å². The van der Waals surface area contributed by atoms with Crippen molar-refractivity contribution < 1.29 is 10.2 Å². The van der Waals surface area contributed by atoms with Crippen molar-refractivity contribution in [3.05, 3.63) is 59.2 Å². The van der Waals surface area contributed by atoms with Crippen LogP contribution in [0, 0.1) is 0 Å². The van der Waals surface area contributed by atoms with Crippen molar-refractivity contribution in [2.24, 2.45) is 0 Å².